The number of piperidine rings is 1. The number of benzene rings is 1. The third-order valence-corrected chi connectivity index (χ3v) is 4.93. The summed E-state index contributed by atoms with van der Waals surface area (Å²) in [6, 6.07) is 3.70. The Morgan fingerprint density at radius 1 is 1.30 bits per heavy atom. The van der Waals surface area contributed by atoms with Crippen LogP contribution in [0.25, 0.3) is 0 Å². The Morgan fingerprint density at radius 2 is 1.96 bits per heavy atom. The van der Waals surface area contributed by atoms with Crippen molar-refractivity contribution in [3.63, 3.8) is 0 Å². The number of hydrogen-bond acceptors (Lipinski definition) is 4. The molecule has 6 heteroatoms. The third kappa shape index (κ3) is 4.05. The van der Waals surface area contributed by atoms with Gasteiger partial charge in [0.15, 0.2) is 24.4 Å². The number of methoxy groups -OCH3 is 1. The van der Waals surface area contributed by atoms with Crippen LogP contribution in [0.15, 0.2) is 16.6 Å². The number of amides is 1. The van der Waals surface area contributed by atoms with E-state index in [1.54, 1.807) is 12.1 Å². The summed E-state index contributed by atoms with van der Waals surface area (Å²) in [5, 5.41) is 0. The van der Waals surface area contributed by atoms with Crippen molar-refractivity contribution in [2.45, 2.75) is 45.2 Å². The van der Waals surface area contributed by atoms with E-state index in [0.717, 1.165) is 25.5 Å². The zero-order valence-electron chi connectivity index (χ0n) is 13.7. The highest BCUT2D eigenvalue weighted by Crippen LogP contribution is 2.33. The van der Waals surface area contributed by atoms with Crippen LogP contribution in [0.2, 0.25) is 0 Å². The summed E-state index contributed by atoms with van der Waals surface area (Å²) in [6.45, 7) is 4.07. The van der Waals surface area contributed by atoms with Crippen LogP contribution in [-0.2, 0) is 4.79 Å². The molecule has 1 aromatic rings. The standard InChI is InChI=1S/C17H22BrNO4/c1-11-5-4-6-12(2)19(11)17(21)10-23-16-7-13(9-20)14(18)8-15(16)22-3/h7-9,11-12H,4-6,10H2,1-3H3/t11-,12-/m1/s1. The van der Waals surface area contributed by atoms with Crippen LogP contribution < -0.4 is 9.47 Å². The lowest BCUT2D eigenvalue weighted by Crippen LogP contribution is -2.49. The van der Waals surface area contributed by atoms with Gasteiger partial charge < -0.3 is 14.4 Å². The van der Waals surface area contributed by atoms with Gasteiger partial charge in [0.2, 0.25) is 0 Å². The van der Waals surface area contributed by atoms with Gasteiger partial charge in [0.25, 0.3) is 5.91 Å². The van der Waals surface area contributed by atoms with Crippen LogP contribution in [-0.4, -0.2) is 42.9 Å². The average Bonchev–Trinajstić information content (AvgIpc) is 2.53. The fraction of sp³-hybridized carbons (Fsp3) is 0.529. The smallest absolute Gasteiger partial charge is 0.260 e. The van der Waals surface area contributed by atoms with Gasteiger partial charge in [-0.1, -0.05) is 0 Å². The van der Waals surface area contributed by atoms with Gasteiger partial charge in [-0.05, 0) is 61.2 Å². The van der Waals surface area contributed by atoms with Crippen molar-refractivity contribution in [2.24, 2.45) is 0 Å². The molecule has 0 aliphatic carbocycles. The molecule has 1 aromatic carbocycles. The van der Waals surface area contributed by atoms with Gasteiger partial charge in [0.1, 0.15) is 0 Å². The number of carbonyl (C=O) groups excluding carboxylic acids is 2. The molecule has 1 fully saturated rings. The molecule has 0 bridgehead atoms. The highest BCUT2D eigenvalue weighted by Gasteiger charge is 2.29. The molecule has 1 aliphatic rings. The maximum absolute atomic E-state index is 12.5. The van der Waals surface area contributed by atoms with Crippen LogP contribution in [0.3, 0.4) is 0 Å². The van der Waals surface area contributed by atoms with Gasteiger partial charge in [-0.25, -0.2) is 0 Å². The number of likely N-dealkylation sites (tertiary alicyclic amines) is 1. The summed E-state index contributed by atoms with van der Waals surface area (Å²) in [4.78, 5) is 25.4. The molecule has 1 heterocycles. The number of carbonyl (C=O) groups is 2. The van der Waals surface area contributed by atoms with Gasteiger partial charge in [0.05, 0.1) is 7.11 Å². The first-order valence-corrected chi connectivity index (χ1v) is 8.54. The van der Waals surface area contributed by atoms with Crippen LogP contribution in [0.5, 0.6) is 11.5 Å². The second-order valence-corrected chi connectivity index (χ2v) is 6.72. The second-order valence-electron chi connectivity index (χ2n) is 5.86. The molecule has 0 N–H and O–H groups in total. The van der Waals surface area contributed by atoms with Crippen molar-refractivity contribution in [3.05, 3.63) is 22.2 Å². The number of rotatable bonds is 5. The normalized spacial score (nSPS) is 21.0. The molecular formula is C17H22BrNO4. The predicted molar refractivity (Wildman–Crippen MR) is 91.2 cm³/mol. The van der Waals surface area contributed by atoms with E-state index in [9.17, 15) is 9.59 Å². The minimum Gasteiger partial charge on any atom is -0.493 e. The lowest BCUT2D eigenvalue weighted by atomic mass is 9.97. The van der Waals surface area contributed by atoms with E-state index >= 15 is 0 Å². The van der Waals surface area contributed by atoms with Crippen LogP contribution in [0.4, 0.5) is 0 Å². The van der Waals surface area contributed by atoms with Crippen molar-refractivity contribution >= 4 is 28.1 Å². The first-order valence-electron chi connectivity index (χ1n) is 7.74. The van der Waals surface area contributed by atoms with Crippen LogP contribution in [0, 0.1) is 0 Å². The first kappa shape index (κ1) is 17.8. The van der Waals surface area contributed by atoms with E-state index in [4.69, 9.17) is 9.47 Å². The van der Waals surface area contributed by atoms with E-state index in [-0.39, 0.29) is 24.6 Å². The molecule has 2 rings (SSSR count). The molecule has 5 nitrogen and oxygen atoms in total. The molecule has 0 saturated carbocycles. The molecule has 0 radical (unpaired) electrons. The van der Waals surface area contributed by atoms with Crippen molar-refractivity contribution in [2.75, 3.05) is 13.7 Å². The van der Waals surface area contributed by atoms with E-state index in [1.807, 2.05) is 4.90 Å². The lowest BCUT2D eigenvalue weighted by molar-refractivity contribution is -0.139. The third-order valence-electron chi connectivity index (χ3n) is 4.24. The van der Waals surface area contributed by atoms with E-state index in [0.29, 0.717) is 21.5 Å². The van der Waals surface area contributed by atoms with Crippen LogP contribution >= 0.6 is 15.9 Å². The SMILES string of the molecule is COc1cc(Br)c(C=O)cc1OCC(=O)N1[C@H](C)CCC[C@H]1C. The Hall–Kier alpha value is -1.56. The van der Waals surface area contributed by atoms with E-state index in [2.05, 4.69) is 29.8 Å². The minimum absolute atomic E-state index is 0.0395. The Kier molecular flexibility index (Phi) is 6.04. The van der Waals surface area contributed by atoms with Gasteiger partial charge in [-0.3, -0.25) is 9.59 Å². The molecule has 126 valence electrons. The fourth-order valence-electron chi connectivity index (χ4n) is 3.04. The summed E-state index contributed by atoms with van der Waals surface area (Å²) in [5.41, 5.74) is 0.452. The molecule has 1 aliphatic heterocycles. The Labute approximate surface area is 145 Å². The zero-order chi connectivity index (χ0) is 17.0. The molecule has 1 amide bonds. The number of halogens is 1. The molecule has 23 heavy (non-hydrogen) atoms. The molecular weight excluding hydrogens is 362 g/mol. The molecule has 1 saturated heterocycles. The molecule has 0 spiro atoms. The molecule has 0 aromatic heterocycles. The second kappa shape index (κ2) is 7.81. The van der Waals surface area contributed by atoms with Crippen molar-refractivity contribution in [3.8, 4) is 11.5 Å². The fourth-order valence-corrected chi connectivity index (χ4v) is 3.46. The average molecular weight is 384 g/mol. The van der Waals surface area contributed by atoms with Crippen LogP contribution in [0.1, 0.15) is 43.5 Å². The number of nitrogens with zero attached hydrogens (tertiary/aromatic N) is 1. The maximum Gasteiger partial charge on any atom is 0.260 e. The maximum atomic E-state index is 12.5. The zero-order valence-corrected chi connectivity index (χ0v) is 15.3. The summed E-state index contributed by atoms with van der Waals surface area (Å²) in [6.07, 6.45) is 3.92. The topological polar surface area (TPSA) is 55.8 Å². The van der Waals surface area contributed by atoms with E-state index in [1.165, 1.54) is 7.11 Å². The van der Waals surface area contributed by atoms with Gasteiger partial charge in [-0.15, -0.1) is 0 Å². The van der Waals surface area contributed by atoms with Crippen molar-refractivity contribution < 1.29 is 19.1 Å². The summed E-state index contributed by atoms with van der Waals surface area (Å²) in [7, 11) is 1.52. The molecule has 0 unspecified atom stereocenters. The Morgan fingerprint density at radius 3 is 2.52 bits per heavy atom. The monoisotopic (exact) mass is 383 g/mol. The summed E-state index contributed by atoms with van der Waals surface area (Å²) < 4.78 is 11.5. The highest BCUT2D eigenvalue weighted by molar-refractivity contribution is 9.10. The summed E-state index contributed by atoms with van der Waals surface area (Å²) in [5.74, 6) is 0.834. The van der Waals surface area contributed by atoms with Gasteiger partial charge in [-0.2, -0.15) is 0 Å². The number of hydrogen-bond donors (Lipinski definition) is 0. The first-order chi connectivity index (χ1) is 11.0. The predicted octanol–water partition coefficient (Wildman–Crippen LogP) is 3.44. The van der Waals surface area contributed by atoms with Crippen molar-refractivity contribution in [1.29, 1.82) is 0 Å². The van der Waals surface area contributed by atoms with Crippen molar-refractivity contribution in [1.82, 2.24) is 4.90 Å². The number of aldehydes is 1. The Balaban J connectivity index is 2.10. The lowest BCUT2D eigenvalue weighted by Gasteiger charge is -2.39. The molecule has 2 atom stereocenters. The summed E-state index contributed by atoms with van der Waals surface area (Å²) >= 11 is 3.30. The van der Waals surface area contributed by atoms with E-state index < -0.39 is 0 Å². The number of ether oxygens (including phenoxy) is 2. The quantitative estimate of drug-likeness (QED) is 0.730. The highest BCUT2D eigenvalue weighted by atomic mass is 79.9. The van der Waals surface area contributed by atoms with Gasteiger partial charge in [0, 0.05) is 22.1 Å². The minimum atomic E-state index is -0.0645. The van der Waals surface area contributed by atoms with Gasteiger partial charge >= 0.3 is 0 Å². The largest absolute Gasteiger partial charge is 0.493 e. The Bertz CT molecular complexity index is 580.